The van der Waals surface area contributed by atoms with Gasteiger partial charge in [0.2, 0.25) is 0 Å². The second-order valence-corrected chi connectivity index (χ2v) is 6.01. The molecule has 0 aliphatic rings. The first kappa shape index (κ1) is 18.5. The van der Waals surface area contributed by atoms with Crippen LogP contribution < -0.4 is 20.8 Å². The molecule has 1 aromatic carbocycles. The number of fused-ring (bicyclic) bond motifs is 1. The van der Waals surface area contributed by atoms with Gasteiger partial charge in [0, 0.05) is 16.5 Å². The van der Waals surface area contributed by atoms with Crippen molar-refractivity contribution in [3.05, 3.63) is 39.2 Å². The van der Waals surface area contributed by atoms with Crippen molar-refractivity contribution in [2.24, 2.45) is 0 Å². The van der Waals surface area contributed by atoms with Gasteiger partial charge in [-0.25, -0.2) is 4.79 Å². The van der Waals surface area contributed by atoms with Gasteiger partial charge in [0.05, 0.1) is 12.0 Å². The van der Waals surface area contributed by atoms with Crippen LogP contribution in [0.5, 0.6) is 5.75 Å². The molecule has 7 nitrogen and oxygen atoms in total. The van der Waals surface area contributed by atoms with E-state index in [2.05, 4.69) is 5.32 Å². The van der Waals surface area contributed by atoms with Gasteiger partial charge in [-0.15, -0.1) is 0 Å². The Labute approximate surface area is 144 Å². The normalized spacial score (nSPS) is 13.3. The van der Waals surface area contributed by atoms with Crippen molar-refractivity contribution >= 4 is 22.8 Å². The molecule has 0 saturated heterocycles. The smallest absolute Gasteiger partial charge is 0.339 e. The van der Waals surface area contributed by atoms with Crippen LogP contribution in [0, 0.1) is 20.8 Å². The predicted octanol–water partition coefficient (Wildman–Crippen LogP) is 0.740. The molecule has 7 heteroatoms. The molecule has 0 radical (unpaired) electrons. The van der Waals surface area contributed by atoms with Gasteiger partial charge in [-0.3, -0.25) is 4.79 Å². The number of rotatable bonds is 5. The Kier molecular flexibility index (Phi) is 5.15. The number of carbonyl (C=O) groups excluding carboxylic acids is 2. The van der Waals surface area contributed by atoms with E-state index in [9.17, 15) is 19.5 Å². The van der Waals surface area contributed by atoms with E-state index in [4.69, 9.17) is 9.15 Å². The molecule has 2 aromatic rings. The van der Waals surface area contributed by atoms with E-state index >= 15 is 0 Å². The average molecular weight is 346 g/mol. The topological polar surface area (TPSA) is 109 Å². The van der Waals surface area contributed by atoms with E-state index < -0.39 is 29.6 Å². The van der Waals surface area contributed by atoms with Crippen LogP contribution in [0.2, 0.25) is 0 Å². The zero-order chi connectivity index (χ0) is 18.9. The van der Waals surface area contributed by atoms with Crippen LogP contribution >= 0.6 is 0 Å². The van der Waals surface area contributed by atoms with Gasteiger partial charge >= 0.3 is 5.63 Å². The van der Waals surface area contributed by atoms with Gasteiger partial charge in [0.15, 0.2) is 6.10 Å². The fourth-order valence-corrected chi connectivity index (χ4v) is 2.39. The molecule has 0 spiro atoms. The van der Waals surface area contributed by atoms with Gasteiger partial charge in [-0.1, -0.05) is 0 Å². The maximum Gasteiger partial charge on any atom is 0.339 e. The summed E-state index contributed by atoms with van der Waals surface area (Å²) in [4.78, 5) is 34.6. The predicted molar refractivity (Wildman–Crippen MR) is 89.4 cm³/mol. The van der Waals surface area contributed by atoms with Crippen LogP contribution in [0.3, 0.4) is 0 Å². The summed E-state index contributed by atoms with van der Waals surface area (Å²) in [6.45, 7) is 8.07. The van der Waals surface area contributed by atoms with E-state index in [0.29, 0.717) is 22.5 Å². The lowest BCUT2D eigenvalue weighted by molar-refractivity contribution is -0.307. The van der Waals surface area contributed by atoms with Crippen molar-refractivity contribution < 1.29 is 23.8 Å². The number of aryl methyl sites for hydroxylation is 2. The standard InChI is InChI=1S/C18H21NO6/c1-8-9(2)18(23)25-15-10(3)14(7-6-13(8)15)24-12(5)16(20)19-11(4)17(21)22/h6-7,11-12H,1-5H3,(H,19,20)(H,21,22)/p-1/t11-,12+/m0/s1. The van der Waals surface area contributed by atoms with E-state index in [0.717, 1.165) is 10.9 Å². The minimum absolute atomic E-state index is 0.377. The molecule has 134 valence electrons. The minimum Gasteiger partial charge on any atom is -0.548 e. The Morgan fingerprint density at radius 1 is 1.12 bits per heavy atom. The molecule has 0 fully saturated rings. The Hall–Kier alpha value is -2.83. The number of hydrogen-bond donors (Lipinski definition) is 1. The monoisotopic (exact) mass is 346 g/mol. The summed E-state index contributed by atoms with van der Waals surface area (Å²) < 4.78 is 11.0. The quantitative estimate of drug-likeness (QED) is 0.800. The minimum atomic E-state index is -1.38. The molecular weight excluding hydrogens is 326 g/mol. The molecule has 0 unspecified atom stereocenters. The molecular formula is C18H20NO6-. The largest absolute Gasteiger partial charge is 0.548 e. The Balaban J connectivity index is 2.32. The molecule has 2 atom stereocenters. The fraction of sp³-hybridized carbons (Fsp3) is 0.389. The van der Waals surface area contributed by atoms with Crippen molar-refractivity contribution in [3.8, 4) is 5.75 Å². The molecule has 1 aromatic heterocycles. The lowest BCUT2D eigenvalue weighted by Gasteiger charge is -2.20. The highest BCUT2D eigenvalue weighted by Gasteiger charge is 2.20. The van der Waals surface area contributed by atoms with Crippen LogP contribution in [-0.2, 0) is 9.59 Å². The highest BCUT2D eigenvalue weighted by molar-refractivity contribution is 5.87. The summed E-state index contributed by atoms with van der Waals surface area (Å²) in [7, 11) is 0. The average Bonchev–Trinajstić information content (AvgIpc) is 2.55. The van der Waals surface area contributed by atoms with Crippen molar-refractivity contribution in [2.75, 3.05) is 0 Å². The number of carboxylic acids is 1. The molecule has 0 aliphatic carbocycles. The van der Waals surface area contributed by atoms with Crippen LogP contribution in [0.15, 0.2) is 21.3 Å². The maximum absolute atomic E-state index is 12.0. The highest BCUT2D eigenvalue weighted by atomic mass is 16.5. The van der Waals surface area contributed by atoms with E-state index in [1.54, 1.807) is 26.0 Å². The van der Waals surface area contributed by atoms with Crippen molar-refractivity contribution in [2.45, 2.75) is 46.8 Å². The number of hydrogen-bond acceptors (Lipinski definition) is 6. The number of amides is 1. The van der Waals surface area contributed by atoms with E-state index in [1.165, 1.54) is 13.8 Å². The Bertz CT molecular complexity index is 899. The van der Waals surface area contributed by atoms with Gasteiger partial charge in [-0.05, 0) is 52.3 Å². The first-order chi connectivity index (χ1) is 11.6. The van der Waals surface area contributed by atoms with Gasteiger partial charge in [0.1, 0.15) is 11.3 Å². The van der Waals surface area contributed by atoms with Crippen LogP contribution in [0.25, 0.3) is 11.0 Å². The molecule has 0 saturated carbocycles. The Morgan fingerprint density at radius 2 is 1.76 bits per heavy atom. The van der Waals surface area contributed by atoms with Crippen molar-refractivity contribution in [3.63, 3.8) is 0 Å². The summed E-state index contributed by atoms with van der Waals surface area (Å²) in [5, 5.41) is 13.8. The zero-order valence-electron chi connectivity index (χ0n) is 14.8. The van der Waals surface area contributed by atoms with Crippen LogP contribution in [0.1, 0.15) is 30.5 Å². The zero-order valence-corrected chi connectivity index (χ0v) is 14.8. The number of ether oxygens (including phenoxy) is 1. The summed E-state index contributed by atoms with van der Waals surface area (Å²) in [6.07, 6.45) is -0.934. The lowest BCUT2D eigenvalue weighted by atomic mass is 10.0. The van der Waals surface area contributed by atoms with Gasteiger partial charge in [-0.2, -0.15) is 0 Å². The van der Waals surface area contributed by atoms with Crippen LogP contribution in [-0.4, -0.2) is 24.0 Å². The summed E-state index contributed by atoms with van der Waals surface area (Å²) in [5.74, 6) is -1.59. The van der Waals surface area contributed by atoms with E-state index in [-0.39, 0.29) is 0 Å². The van der Waals surface area contributed by atoms with Crippen LogP contribution in [0.4, 0.5) is 0 Å². The third-order valence-electron chi connectivity index (χ3n) is 4.21. The van der Waals surface area contributed by atoms with Gasteiger partial charge in [0.25, 0.3) is 5.91 Å². The third kappa shape index (κ3) is 3.65. The summed E-state index contributed by atoms with van der Waals surface area (Å²) in [6, 6.07) is 2.33. The maximum atomic E-state index is 12.0. The van der Waals surface area contributed by atoms with Gasteiger partial charge < -0.3 is 24.4 Å². The molecule has 1 N–H and O–H groups in total. The molecule has 0 aliphatic heterocycles. The Morgan fingerprint density at radius 3 is 2.36 bits per heavy atom. The highest BCUT2D eigenvalue weighted by Crippen LogP contribution is 2.29. The second kappa shape index (κ2) is 6.96. The summed E-state index contributed by atoms with van der Waals surface area (Å²) >= 11 is 0. The van der Waals surface area contributed by atoms with E-state index in [1.807, 2.05) is 6.92 Å². The van der Waals surface area contributed by atoms with Crippen molar-refractivity contribution in [1.29, 1.82) is 0 Å². The molecule has 1 heterocycles. The number of nitrogens with one attached hydrogen (secondary N) is 1. The first-order valence-electron chi connectivity index (χ1n) is 7.85. The first-order valence-corrected chi connectivity index (χ1v) is 7.85. The molecule has 2 rings (SSSR count). The van der Waals surface area contributed by atoms with Crippen molar-refractivity contribution in [1.82, 2.24) is 5.32 Å². The third-order valence-corrected chi connectivity index (χ3v) is 4.21. The SMILES string of the molecule is Cc1c(C)c2ccc(O[C@H](C)C(=O)N[C@@H](C)C(=O)[O-])c(C)c2oc1=O. The summed E-state index contributed by atoms with van der Waals surface area (Å²) in [5.41, 5.74) is 1.95. The number of carboxylic acid groups (broad SMARTS) is 1. The lowest BCUT2D eigenvalue weighted by Crippen LogP contribution is -2.49. The fourth-order valence-electron chi connectivity index (χ4n) is 2.39. The molecule has 25 heavy (non-hydrogen) atoms. The second-order valence-electron chi connectivity index (χ2n) is 6.01. The number of aliphatic carboxylic acids is 1. The molecule has 0 bridgehead atoms. The number of benzene rings is 1. The number of carbonyl (C=O) groups is 2. The molecule has 1 amide bonds.